The highest BCUT2D eigenvalue weighted by Gasteiger charge is 2.57. The van der Waals surface area contributed by atoms with Crippen molar-refractivity contribution in [2.24, 2.45) is 5.92 Å². The maximum absolute atomic E-state index is 12.2. The Bertz CT molecular complexity index is 544. The number of hydrogen-bond acceptors (Lipinski definition) is 8. The second-order valence-electron chi connectivity index (χ2n) is 4.77. The van der Waals surface area contributed by atoms with Crippen LogP contribution in [0.25, 0.3) is 0 Å². The zero-order valence-electron chi connectivity index (χ0n) is 13.4. The van der Waals surface area contributed by atoms with E-state index >= 15 is 0 Å². The minimum absolute atomic E-state index is 0.0580. The van der Waals surface area contributed by atoms with Gasteiger partial charge in [-0.2, -0.15) is 0 Å². The smallest absolute Gasteiger partial charge is 0.445 e. The Kier molecular flexibility index (Phi) is 6.97. The van der Waals surface area contributed by atoms with Crippen molar-refractivity contribution in [3.8, 4) is 0 Å². The topological polar surface area (TPSA) is 108 Å². The van der Waals surface area contributed by atoms with Crippen LogP contribution in [-0.4, -0.2) is 54.6 Å². The number of esters is 1. The number of likely N-dealkylation sites (tertiary alicyclic amines) is 1. The van der Waals surface area contributed by atoms with Crippen molar-refractivity contribution in [1.29, 1.82) is 0 Å². The molecule has 0 saturated carbocycles. The molecule has 9 nitrogen and oxygen atoms in total. The van der Waals surface area contributed by atoms with Crippen molar-refractivity contribution in [2.45, 2.75) is 26.2 Å². The predicted octanol–water partition coefficient (Wildman–Crippen LogP) is 1.38. The molecule has 1 heterocycles. The average Bonchev–Trinajstić information content (AvgIpc) is 2.50. The fourth-order valence-electron chi connectivity index (χ4n) is 1.99. The lowest BCUT2D eigenvalue weighted by Gasteiger charge is -2.44. The van der Waals surface area contributed by atoms with Crippen LogP contribution in [0.3, 0.4) is 0 Å². The lowest BCUT2D eigenvalue weighted by molar-refractivity contribution is -0.200. The Morgan fingerprint density at radius 3 is 2.33 bits per heavy atom. The minimum atomic E-state index is -1.23. The van der Waals surface area contributed by atoms with Crippen LogP contribution in [0.5, 0.6) is 0 Å². The summed E-state index contributed by atoms with van der Waals surface area (Å²) < 4.78 is 19.3. The summed E-state index contributed by atoms with van der Waals surface area (Å²) in [4.78, 5) is 47.2. The summed E-state index contributed by atoms with van der Waals surface area (Å²) in [6.07, 6.45) is -1.54. The van der Waals surface area contributed by atoms with E-state index < -0.39 is 42.4 Å². The number of β-lactam (4-membered cyclic amide) rings is 1. The molecule has 0 spiro atoms. The van der Waals surface area contributed by atoms with Crippen molar-refractivity contribution in [3.63, 3.8) is 0 Å². The molecule has 0 N–H and O–H groups in total. The molecule has 24 heavy (non-hydrogen) atoms. The second-order valence-corrected chi connectivity index (χ2v) is 4.77. The summed E-state index contributed by atoms with van der Waals surface area (Å²) in [5.41, 5.74) is 0. The highest BCUT2D eigenvalue weighted by molar-refractivity contribution is 5.99. The Morgan fingerprint density at radius 1 is 1.21 bits per heavy atom. The van der Waals surface area contributed by atoms with Crippen LogP contribution in [-0.2, 0) is 28.5 Å². The quantitative estimate of drug-likeness (QED) is 0.296. The van der Waals surface area contributed by atoms with E-state index in [1.165, 1.54) is 19.1 Å². The van der Waals surface area contributed by atoms with Gasteiger partial charge in [-0.3, -0.25) is 9.59 Å². The molecule has 1 fully saturated rings. The molecule has 9 heteroatoms. The van der Waals surface area contributed by atoms with E-state index in [1.807, 2.05) is 0 Å². The molecule has 1 aliphatic heterocycles. The third kappa shape index (κ3) is 4.58. The molecule has 2 amide bonds. The van der Waals surface area contributed by atoms with E-state index in [4.69, 9.17) is 14.2 Å². The SMILES string of the molecule is C=CCOC(=O)O[C@H](C)[C@H]1C(=O)N(C(=O)OCC=C)[C@@H]1OC(C)=O. The van der Waals surface area contributed by atoms with Crippen LogP contribution in [0.1, 0.15) is 13.8 Å². The number of hydrogen-bond donors (Lipinski definition) is 0. The van der Waals surface area contributed by atoms with Crippen molar-refractivity contribution in [2.75, 3.05) is 13.2 Å². The number of nitrogens with zero attached hydrogens (tertiary/aromatic N) is 1. The molecule has 0 aliphatic carbocycles. The highest BCUT2D eigenvalue weighted by Crippen LogP contribution is 2.33. The Morgan fingerprint density at radius 2 is 1.79 bits per heavy atom. The zero-order chi connectivity index (χ0) is 18.3. The largest absolute Gasteiger partial charge is 0.508 e. The predicted molar refractivity (Wildman–Crippen MR) is 79.5 cm³/mol. The Hall–Kier alpha value is -2.84. The van der Waals surface area contributed by atoms with Crippen LogP contribution < -0.4 is 0 Å². The van der Waals surface area contributed by atoms with E-state index in [0.717, 1.165) is 6.92 Å². The van der Waals surface area contributed by atoms with Crippen molar-refractivity contribution >= 4 is 24.1 Å². The van der Waals surface area contributed by atoms with Gasteiger partial charge in [0.05, 0.1) is 0 Å². The summed E-state index contributed by atoms with van der Waals surface area (Å²) in [7, 11) is 0. The molecule has 0 unspecified atom stereocenters. The van der Waals surface area contributed by atoms with Crippen LogP contribution in [0.2, 0.25) is 0 Å². The van der Waals surface area contributed by atoms with Gasteiger partial charge in [0.15, 0.2) is 0 Å². The average molecular weight is 341 g/mol. The molecule has 3 atom stereocenters. The number of ether oxygens (including phenoxy) is 4. The number of rotatable bonds is 7. The Labute approximate surface area is 138 Å². The normalized spacial score (nSPS) is 20.2. The standard InChI is InChI=1S/C15H19NO8/c1-5-7-21-14(19)16-12(18)11(13(16)24-10(4)17)9(3)23-15(20)22-8-6-2/h5-6,9,11,13H,1-2,7-8H2,3-4H3/t9-,11+,13-/m1/s1. The third-order valence-corrected chi connectivity index (χ3v) is 3.00. The molecule has 0 radical (unpaired) electrons. The molecule has 0 aromatic heterocycles. The first-order valence-corrected chi connectivity index (χ1v) is 7.05. The van der Waals surface area contributed by atoms with E-state index in [1.54, 1.807) is 0 Å². The van der Waals surface area contributed by atoms with Crippen LogP contribution in [0, 0.1) is 5.92 Å². The first-order valence-electron chi connectivity index (χ1n) is 7.05. The minimum Gasteiger partial charge on any atom is -0.445 e. The first kappa shape index (κ1) is 19.2. The molecule has 1 aliphatic rings. The summed E-state index contributed by atoms with van der Waals surface area (Å²) >= 11 is 0. The number of amides is 2. The van der Waals surface area contributed by atoms with E-state index in [-0.39, 0.29) is 13.2 Å². The second kappa shape index (κ2) is 8.70. The maximum Gasteiger partial charge on any atom is 0.508 e. The van der Waals surface area contributed by atoms with E-state index in [2.05, 4.69) is 17.9 Å². The monoisotopic (exact) mass is 341 g/mol. The summed E-state index contributed by atoms with van der Waals surface area (Å²) in [5, 5.41) is 0. The van der Waals surface area contributed by atoms with Gasteiger partial charge >= 0.3 is 18.2 Å². The van der Waals surface area contributed by atoms with Crippen molar-refractivity contribution in [1.82, 2.24) is 4.90 Å². The van der Waals surface area contributed by atoms with Crippen molar-refractivity contribution in [3.05, 3.63) is 25.3 Å². The molecule has 1 rings (SSSR count). The van der Waals surface area contributed by atoms with Crippen molar-refractivity contribution < 1.29 is 38.1 Å². The van der Waals surface area contributed by atoms with Gasteiger partial charge in [0.1, 0.15) is 25.2 Å². The first-order chi connectivity index (χ1) is 11.3. The highest BCUT2D eigenvalue weighted by atomic mass is 16.7. The van der Waals surface area contributed by atoms with Gasteiger partial charge < -0.3 is 18.9 Å². The molecular weight excluding hydrogens is 322 g/mol. The van der Waals surface area contributed by atoms with Crippen LogP contribution in [0.4, 0.5) is 9.59 Å². The summed E-state index contributed by atoms with van der Waals surface area (Å²) in [6, 6.07) is 0. The number of carbonyl (C=O) groups excluding carboxylic acids is 4. The molecule has 0 aromatic carbocycles. The fourth-order valence-corrected chi connectivity index (χ4v) is 1.99. The van der Waals surface area contributed by atoms with Gasteiger partial charge in [-0.25, -0.2) is 14.5 Å². The maximum atomic E-state index is 12.2. The van der Waals surface area contributed by atoms with Crippen LogP contribution >= 0.6 is 0 Å². The summed E-state index contributed by atoms with van der Waals surface area (Å²) in [6.45, 7) is 9.12. The van der Waals surface area contributed by atoms with Gasteiger partial charge in [-0.1, -0.05) is 25.3 Å². The molecule has 132 valence electrons. The number of imide groups is 1. The van der Waals surface area contributed by atoms with Gasteiger partial charge in [-0.05, 0) is 6.92 Å². The molecule has 0 aromatic rings. The van der Waals surface area contributed by atoms with E-state index in [0.29, 0.717) is 4.90 Å². The van der Waals surface area contributed by atoms with Gasteiger partial charge in [0, 0.05) is 6.92 Å². The lowest BCUT2D eigenvalue weighted by Crippen LogP contribution is -2.67. The van der Waals surface area contributed by atoms with Gasteiger partial charge in [0.25, 0.3) is 0 Å². The zero-order valence-corrected chi connectivity index (χ0v) is 13.4. The number of carbonyl (C=O) groups is 4. The van der Waals surface area contributed by atoms with Gasteiger partial charge in [-0.15, -0.1) is 0 Å². The fraction of sp³-hybridized carbons (Fsp3) is 0.467. The molecular formula is C15H19NO8. The lowest BCUT2D eigenvalue weighted by atomic mass is 9.91. The summed E-state index contributed by atoms with van der Waals surface area (Å²) in [5.74, 6) is -2.44. The molecule has 0 bridgehead atoms. The third-order valence-electron chi connectivity index (χ3n) is 3.00. The van der Waals surface area contributed by atoms with E-state index in [9.17, 15) is 19.2 Å². The van der Waals surface area contributed by atoms with Crippen LogP contribution in [0.15, 0.2) is 25.3 Å². The molecule has 1 saturated heterocycles. The Balaban J connectivity index is 2.78. The van der Waals surface area contributed by atoms with Gasteiger partial charge in [0.2, 0.25) is 12.1 Å².